The first-order valence-corrected chi connectivity index (χ1v) is 9.84. The average molecular weight is 460 g/mol. The number of rotatable bonds is 8. The summed E-state index contributed by atoms with van der Waals surface area (Å²) in [6.45, 7) is 5.85. The van der Waals surface area contributed by atoms with E-state index in [1.165, 1.54) is 39.8 Å². The highest BCUT2D eigenvalue weighted by Crippen LogP contribution is 2.16. The van der Waals surface area contributed by atoms with Gasteiger partial charge in [-0.15, -0.1) is 0 Å². The van der Waals surface area contributed by atoms with Crippen molar-refractivity contribution in [1.29, 1.82) is 0 Å². The molecule has 0 atom stereocenters. The summed E-state index contributed by atoms with van der Waals surface area (Å²) < 4.78 is 9.79. The molecule has 176 valence electrons. The Labute approximate surface area is 187 Å². The van der Waals surface area contributed by atoms with Crippen LogP contribution in [0.3, 0.4) is 0 Å². The molecule has 2 amide bonds. The Kier molecular flexibility index (Phi) is 8.26. The standard InChI is InChI=1S/C21H24N4O8/c1-10-8-14(26)18(20(30)32-10)12(3)22-24-16(28)6-5-7-17(29)25-23-13(4)19-15(27)9-11(2)33-21(19)31/h8-9,26-27H,5-7H2,1-4H3,(H,24,28)(H,25,29). The van der Waals surface area contributed by atoms with E-state index in [9.17, 15) is 29.4 Å². The summed E-state index contributed by atoms with van der Waals surface area (Å²) in [6, 6.07) is 2.51. The quantitative estimate of drug-likeness (QED) is 0.334. The fourth-order valence-electron chi connectivity index (χ4n) is 2.78. The summed E-state index contributed by atoms with van der Waals surface area (Å²) in [6.07, 6.45) is 0.0596. The van der Waals surface area contributed by atoms with Gasteiger partial charge in [-0.3, -0.25) is 9.59 Å². The molecule has 0 unspecified atom stereocenters. The zero-order chi connectivity index (χ0) is 24.7. The predicted molar refractivity (Wildman–Crippen MR) is 117 cm³/mol. The Hall–Kier alpha value is -4.22. The van der Waals surface area contributed by atoms with Crippen molar-refractivity contribution in [3.05, 3.63) is 55.6 Å². The van der Waals surface area contributed by atoms with Crippen molar-refractivity contribution < 1.29 is 28.6 Å². The van der Waals surface area contributed by atoms with Gasteiger partial charge in [0.2, 0.25) is 11.8 Å². The fourth-order valence-corrected chi connectivity index (χ4v) is 2.78. The molecule has 0 fully saturated rings. The molecule has 0 saturated carbocycles. The minimum Gasteiger partial charge on any atom is -0.507 e. The highest BCUT2D eigenvalue weighted by atomic mass is 16.4. The van der Waals surface area contributed by atoms with Crippen LogP contribution in [0.4, 0.5) is 0 Å². The van der Waals surface area contributed by atoms with Gasteiger partial charge in [0, 0.05) is 25.0 Å². The summed E-state index contributed by atoms with van der Waals surface area (Å²) in [7, 11) is 0. The van der Waals surface area contributed by atoms with Gasteiger partial charge in [0.05, 0.1) is 11.4 Å². The van der Waals surface area contributed by atoms with Crippen LogP contribution in [0, 0.1) is 13.8 Å². The number of hydrogen-bond acceptors (Lipinski definition) is 10. The zero-order valence-electron chi connectivity index (χ0n) is 18.5. The van der Waals surface area contributed by atoms with E-state index in [0.29, 0.717) is 0 Å². The van der Waals surface area contributed by atoms with E-state index in [1.54, 1.807) is 0 Å². The molecule has 0 radical (unpaired) electrons. The summed E-state index contributed by atoms with van der Waals surface area (Å²) in [5, 5.41) is 27.3. The number of hydrazone groups is 2. The maximum atomic E-state index is 11.9. The van der Waals surface area contributed by atoms with Crippen molar-refractivity contribution >= 4 is 23.2 Å². The molecule has 2 heterocycles. The number of hydrogen-bond donors (Lipinski definition) is 4. The van der Waals surface area contributed by atoms with E-state index in [2.05, 4.69) is 21.1 Å². The lowest BCUT2D eigenvalue weighted by Gasteiger charge is -2.05. The van der Waals surface area contributed by atoms with E-state index >= 15 is 0 Å². The first kappa shape index (κ1) is 25.0. The molecule has 12 nitrogen and oxygen atoms in total. The third kappa shape index (κ3) is 6.89. The molecule has 2 aromatic heterocycles. The van der Waals surface area contributed by atoms with Crippen LogP contribution in [0.1, 0.15) is 55.8 Å². The van der Waals surface area contributed by atoms with Crippen LogP contribution in [0.15, 0.2) is 40.8 Å². The van der Waals surface area contributed by atoms with Gasteiger partial charge in [-0.25, -0.2) is 20.4 Å². The summed E-state index contributed by atoms with van der Waals surface area (Å²) in [5.74, 6) is -1.20. The van der Waals surface area contributed by atoms with Crippen LogP contribution in [0.5, 0.6) is 11.5 Å². The Morgan fingerprint density at radius 2 is 1.18 bits per heavy atom. The lowest BCUT2D eigenvalue weighted by Crippen LogP contribution is -2.23. The number of carbonyl (C=O) groups is 2. The molecule has 4 N–H and O–H groups in total. The maximum Gasteiger partial charge on any atom is 0.348 e. The molecule has 12 heteroatoms. The minimum atomic E-state index is -0.785. The number of aromatic hydroxyl groups is 2. The van der Waals surface area contributed by atoms with Crippen LogP contribution >= 0.6 is 0 Å². The van der Waals surface area contributed by atoms with Crippen molar-refractivity contribution in [3.63, 3.8) is 0 Å². The monoisotopic (exact) mass is 460 g/mol. The Morgan fingerprint density at radius 3 is 1.52 bits per heavy atom. The number of aryl methyl sites for hydroxylation is 2. The average Bonchev–Trinajstić information content (AvgIpc) is 2.69. The maximum absolute atomic E-state index is 11.9. The second kappa shape index (κ2) is 10.9. The summed E-state index contributed by atoms with van der Waals surface area (Å²) in [4.78, 5) is 47.5. The van der Waals surface area contributed by atoms with E-state index in [-0.39, 0.29) is 64.8 Å². The molecule has 0 aliphatic carbocycles. The van der Waals surface area contributed by atoms with Gasteiger partial charge in [0.1, 0.15) is 34.1 Å². The molecule has 33 heavy (non-hydrogen) atoms. The third-order valence-electron chi connectivity index (χ3n) is 4.34. The topological polar surface area (TPSA) is 184 Å². The molecule has 0 aliphatic rings. The van der Waals surface area contributed by atoms with Crippen molar-refractivity contribution in [1.82, 2.24) is 10.9 Å². The minimum absolute atomic E-state index is 0.0519. The summed E-state index contributed by atoms with van der Waals surface area (Å²) in [5.41, 5.74) is 2.69. The number of amides is 2. The van der Waals surface area contributed by atoms with Gasteiger partial charge in [0.15, 0.2) is 0 Å². The second-order valence-corrected chi connectivity index (χ2v) is 7.13. The molecule has 0 spiro atoms. The predicted octanol–water partition coefficient (Wildman–Crippen LogP) is 1.17. The van der Waals surface area contributed by atoms with Crippen molar-refractivity contribution in [2.75, 3.05) is 0 Å². The van der Waals surface area contributed by atoms with Gasteiger partial charge < -0.3 is 19.0 Å². The number of nitrogens with one attached hydrogen (secondary N) is 2. The van der Waals surface area contributed by atoms with E-state index in [0.717, 1.165) is 0 Å². The molecule has 0 saturated heterocycles. The van der Waals surface area contributed by atoms with Gasteiger partial charge in [-0.2, -0.15) is 10.2 Å². The van der Waals surface area contributed by atoms with Crippen LogP contribution in [0.25, 0.3) is 0 Å². The highest BCUT2D eigenvalue weighted by Gasteiger charge is 2.15. The molecular formula is C21H24N4O8. The van der Waals surface area contributed by atoms with E-state index in [1.807, 2.05) is 0 Å². The number of nitrogens with zero attached hydrogens (tertiary/aromatic N) is 2. The Balaban J connectivity index is 1.85. The molecular weight excluding hydrogens is 436 g/mol. The first-order chi connectivity index (χ1) is 15.5. The van der Waals surface area contributed by atoms with E-state index < -0.39 is 23.1 Å². The first-order valence-electron chi connectivity index (χ1n) is 9.84. The van der Waals surface area contributed by atoms with Gasteiger partial charge in [0.25, 0.3) is 0 Å². The third-order valence-corrected chi connectivity index (χ3v) is 4.34. The lowest BCUT2D eigenvalue weighted by molar-refractivity contribution is -0.122. The number of carbonyl (C=O) groups excluding carboxylic acids is 2. The molecule has 0 bridgehead atoms. The lowest BCUT2D eigenvalue weighted by atomic mass is 10.2. The molecule has 2 aromatic rings. The molecule has 0 aliphatic heterocycles. The SMILES string of the molecule is CC(=NNC(=O)CCCC(=O)NN=C(C)c1c(O)cc(C)oc1=O)c1c(O)cc(C)oc1=O. The van der Waals surface area contributed by atoms with Gasteiger partial charge in [-0.05, 0) is 34.1 Å². The Bertz CT molecular complexity index is 1140. The normalized spacial score (nSPS) is 11.9. The van der Waals surface area contributed by atoms with E-state index in [4.69, 9.17) is 8.83 Å². The van der Waals surface area contributed by atoms with Crippen LogP contribution in [-0.4, -0.2) is 33.5 Å². The molecule has 0 aromatic carbocycles. The van der Waals surface area contributed by atoms with Crippen LogP contribution in [-0.2, 0) is 9.59 Å². The second-order valence-electron chi connectivity index (χ2n) is 7.13. The zero-order valence-corrected chi connectivity index (χ0v) is 18.5. The van der Waals surface area contributed by atoms with Crippen molar-refractivity contribution in [2.45, 2.75) is 47.0 Å². The van der Waals surface area contributed by atoms with Crippen molar-refractivity contribution in [2.24, 2.45) is 10.2 Å². The fraction of sp³-hybridized carbons (Fsp3) is 0.333. The smallest absolute Gasteiger partial charge is 0.348 e. The highest BCUT2D eigenvalue weighted by molar-refractivity contribution is 6.01. The van der Waals surface area contributed by atoms with Crippen LogP contribution in [0.2, 0.25) is 0 Å². The van der Waals surface area contributed by atoms with Gasteiger partial charge in [-0.1, -0.05) is 0 Å². The van der Waals surface area contributed by atoms with Gasteiger partial charge >= 0.3 is 11.3 Å². The molecule has 2 rings (SSSR count). The summed E-state index contributed by atoms with van der Waals surface area (Å²) >= 11 is 0. The van der Waals surface area contributed by atoms with Crippen molar-refractivity contribution in [3.8, 4) is 11.5 Å². The van der Waals surface area contributed by atoms with Crippen LogP contribution < -0.4 is 22.1 Å². The largest absolute Gasteiger partial charge is 0.507 e. The Morgan fingerprint density at radius 1 is 0.818 bits per heavy atom.